The van der Waals surface area contributed by atoms with E-state index in [0.717, 1.165) is 70.2 Å². The summed E-state index contributed by atoms with van der Waals surface area (Å²) in [6, 6.07) is 6.83. The Morgan fingerprint density at radius 2 is 2.19 bits per heavy atom. The number of carbonyl (C=O) groups is 1. The maximum absolute atomic E-state index is 11.0. The second-order valence-corrected chi connectivity index (χ2v) is 7.21. The number of primary amides is 1. The molecule has 0 atom stereocenters. The van der Waals surface area contributed by atoms with E-state index in [0.29, 0.717) is 12.6 Å². The van der Waals surface area contributed by atoms with Gasteiger partial charge in [0.05, 0.1) is 13.2 Å². The van der Waals surface area contributed by atoms with Gasteiger partial charge in [-0.15, -0.1) is 0 Å². The number of benzene rings is 1. The average Bonchev–Trinajstić information content (AvgIpc) is 3.11. The summed E-state index contributed by atoms with van der Waals surface area (Å²) in [5.74, 6) is 1.64. The summed E-state index contributed by atoms with van der Waals surface area (Å²) in [6.45, 7) is 6.58. The molecule has 2 aliphatic heterocycles. The summed E-state index contributed by atoms with van der Waals surface area (Å²) < 4.78 is 5.56. The van der Waals surface area contributed by atoms with E-state index in [2.05, 4.69) is 40.7 Å². The molecule has 1 saturated heterocycles. The first-order valence-electron chi connectivity index (χ1n) is 9.94. The lowest BCUT2D eigenvalue weighted by molar-refractivity contribution is -0.119. The molecule has 148 valence electrons. The summed E-state index contributed by atoms with van der Waals surface area (Å²) in [5, 5.41) is 6.87. The van der Waals surface area contributed by atoms with Crippen molar-refractivity contribution in [2.24, 2.45) is 10.7 Å². The maximum Gasteiger partial charge on any atom is 0.231 e. The number of ether oxygens (including phenoxy) is 1. The molecule has 0 aliphatic carbocycles. The summed E-state index contributed by atoms with van der Waals surface area (Å²) >= 11 is 0. The first-order valence-corrected chi connectivity index (χ1v) is 9.94. The van der Waals surface area contributed by atoms with Gasteiger partial charge in [0.15, 0.2) is 5.96 Å². The minimum absolute atomic E-state index is 0.255. The van der Waals surface area contributed by atoms with E-state index in [1.807, 2.05) is 0 Å². The number of nitrogens with one attached hydrogen (secondary N) is 2. The Kier molecular flexibility index (Phi) is 6.92. The number of piperidine rings is 1. The zero-order chi connectivity index (χ0) is 19.1. The van der Waals surface area contributed by atoms with E-state index in [9.17, 15) is 4.79 Å². The summed E-state index contributed by atoms with van der Waals surface area (Å²) in [5.41, 5.74) is 7.89. The van der Waals surface area contributed by atoms with Crippen molar-refractivity contribution in [3.8, 4) is 5.75 Å². The van der Waals surface area contributed by atoms with Gasteiger partial charge in [0.1, 0.15) is 5.75 Å². The number of hydrogen-bond donors (Lipinski definition) is 3. The number of guanidine groups is 1. The molecule has 2 aliphatic rings. The molecule has 0 aromatic heterocycles. The Hall–Kier alpha value is -2.28. The lowest BCUT2D eigenvalue weighted by Crippen LogP contribution is -2.49. The van der Waals surface area contributed by atoms with Crippen molar-refractivity contribution < 1.29 is 9.53 Å². The number of rotatable bonds is 7. The van der Waals surface area contributed by atoms with Crippen LogP contribution in [0.2, 0.25) is 0 Å². The summed E-state index contributed by atoms with van der Waals surface area (Å²) in [7, 11) is 0. The molecule has 1 aromatic rings. The Labute approximate surface area is 161 Å². The molecule has 0 unspecified atom stereocenters. The molecule has 0 radical (unpaired) electrons. The number of carbonyl (C=O) groups excluding carboxylic acids is 1. The number of amides is 1. The number of likely N-dealkylation sites (tertiary alicyclic amines) is 1. The normalized spacial score (nSPS) is 18.0. The van der Waals surface area contributed by atoms with Gasteiger partial charge in [0, 0.05) is 38.6 Å². The largest absolute Gasteiger partial charge is 0.493 e. The Morgan fingerprint density at radius 1 is 1.37 bits per heavy atom. The highest BCUT2D eigenvalue weighted by Gasteiger charge is 2.20. The van der Waals surface area contributed by atoms with Gasteiger partial charge >= 0.3 is 0 Å². The van der Waals surface area contributed by atoms with Crippen molar-refractivity contribution >= 4 is 11.9 Å². The minimum atomic E-state index is -0.255. The minimum Gasteiger partial charge on any atom is -0.493 e. The third kappa shape index (κ3) is 5.85. The fourth-order valence-corrected chi connectivity index (χ4v) is 3.66. The van der Waals surface area contributed by atoms with Crippen molar-refractivity contribution in [3.63, 3.8) is 0 Å². The van der Waals surface area contributed by atoms with Crippen LogP contribution in [0.15, 0.2) is 23.2 Å². The molecule has 4 N–H and O–H groups in total. The Morgan fingerprint density at radius 3 is 2.93 bits per heavy atom. The van der Waals surface area contributed by atoms with E-state index >= 15 is 0 Å². The van der Waals surface area contributed by atoms with E-state index in [1.54, 1.807) is 0 Å². The molecular formula is C20H31N5O2. The molecule has 0 saturated carbocycles. The van der Waals surface area contributed by atoms with Crippen molar-refractivity contribution in [1.82, 2.24) is 15.5 Å². The third-order valence-electron chi connectivity index (χ3n) is 5.08. The molecule has 2 heterocycles. The fourth-order valence-electron chi connectivity index (χ4n) is 3.66. The van der Waals surface area contributed by atoms with E-state index in [4.69, 9.17) is 15.5 Å². The van der Waals surface area contributed by atoms with Gasteiger partial charge in [0.25, 0.3) is 0 Å². The molecule has 7 nitrogen and oxygen atoms in total. The number of fused-ring (bicyclic) bond motifs is 1. The highest BCUT2D eigenvalue weighted by molar-refractivity contribution is 5.80. The van der Waals surface area contributed by atoms with Crippen molar-refractivity contribution in [2.75, 3.05) is 39.3 Å². The second-order valence-electron chi connectivity index (χ2n) is 7.21. The predicted molar refractivity (Wildman–Crippen MR) is 107 cm³/mol. The highest BCUT2D eigenvalue weighted by Crippen LogP contribution is 2.25. The van der Waals surface area contributed by atoms with Crippen LogP contribution in [-0.4, -0.2) is 62.1 Å². The maximum atomic E-state index is 11.0. The van der Waals surface area contributed by atoms with Crippen LogP contribution in [0.4, 0.5) is 0 Å². The lowest BCUT2D eigenvalue weighted by atomic mass is 10.1. The van der Waals surface area contributed by atoms with E-state index < -0.39 is 0 Å². The number of nitrogens with two attached hydrogens (primary N) is 1. The van der Waals surface area contributed by atoms with Gasteiger partial charge in [-0.05, 0) is 43.4 Å². The summed E-state index contributed by atoms with van der Waals surface area (Å²) in [4.78, 5) is 17.9. The van der Waals surface area contributed by atoms with Gasteiger partial charge in [-0.2, -0.15) is 0 Å². The van der Waals surface area contributed by atoms with Crippen LogP contribution in [0.3, 0.4) is 0 Å². The molecule has 1 amide bonds. The highest BCUT2D eigenvalue weighted by atomic mass is 16.5. The SMILES string of the molecule is CCNC(=NCCc1ccc2c(c1)CCO2)NC1CCN(CC(N)=O)CC1. The first kappa shape index (κ1) is 19.5. The van der Waals surface area contributed by atoms with Gasteiger partial charge in [-0.25, -0.2) is 0 Å². The first-order chi connectivity index (χ1) is 13.1. The fraction of sp³-hybridized carbons (Fsp3) is 0.600. The van der Waals surface area contributed by atoms with Crippen LogP contribution in [-0.2, 0) is 17.6 Å². The zero-order valence-corrected chi connectivity index (χ0v) is 16.2. The average molecular weight is 374 g/mol. The molecule has 1 fully saturated rings. The predicted octanol–water partition coefficient (Wildman–Crippen LogP) is 0.669. The van der Waals surface area contributed by atoms with Crippen LogP contribution < -0.4 is 21.1 Å². The van der Waals surface area contributed by atoms with Crippen LogP contribution in [0.5, 0.6) is 5.75 Å². The van der Waals surface area contributed by atoms with Gasteiger partial charge in [0.2, 0.25) is 5.91 Å². The van der Waals surface area contributed by atoms with Crippen LogP contribution >= 0.6 is 0 Å². The number of aliphatic imine (C=N–C) groups is 1. The molecular weight excluding hydrogens is 342 g/mol. The number of nitrogens with zero attached hydrogens (tertiary/aromatic N) is 2. The standard InChI is InChI=1S/C20H31N5O2/c1-2-22-20(24-17-6-10-25(11-7-17)14-19(21)26)23-9-5-15-3-4-18-16(13-15)8-12-27-18/h3-4,13,17H,2,5-12,14H2,1H3,(H2,21,26)(H2,22,23,24). The molecule has 1 aromatic carbocycles. The Bertz CT molecular complexity index is 668. The van der Waals surface area contributed by atoms with Crippen LogP contribution in [0.25, 0.3) is 0 Å². The molecule has 0 spiro atoms. The number of hydrogen-bond acceptors (Lipinski definition) is 4. The van der Waals surface area contributed by atoms with E-state index in [-0.39, 0.29) is 5.91 Å². The monoisotopic (exact) mass is 373 g/mol. The zero-order valence-electron chi connectivity index (χ0n) is 16.2. The second kappa shape index (κ2) is 9.60. The van der Waals surface area contributed by atoms with Crippen LogP contribution in [0, 0.1) is 0 Å². The smallest absolute Gasteiger partial charge is 0.231 e. The lowest BCUT2D eigenvalue weighted by Gasteiger charge is -2.32. The molecule has 3 rings (SSSR count). The van der Waals surface area contributed by atoms with Gasteiger partial charge < -0.3 is 21.1 Å². The topological polar surface area (TPSA) is 92.0 Å². The third-order valence-corrected chi connectivity index (χ3v) is 5.08. The van der Waals surface area contributed by atoms with E-state index in [1.165, 1.54) is 11.1 Å². The Balaban J connectivity index is 1.47. The van der Waals surface area contributed by atoms with Gasteiger partial charge in [-0.1, -0.05) is 12.1 Å². The van der Waals surface area contributed by atoms with Crippen molar-refractivity contribution in [2.45, 2.75) is 38.6 Å². The summed E-state index contributed by atoms with van der Waals surface area (Å²) in [6.07, 6.45) is 3.90. The van der Waals surface area contributed by atoms with Crippen LogP contribution in [0.1, 0.15) is 30.9 Å². The molecule has 0 bridgehead atoms. The molecule has 7 heteroatoms. The quantitative estimate of drug-likeness (QED) is 0.483. The molecule has 27 heavy (non-hydrogen) atoms. The van der Waals surface area contributed by atoms with Crippen molar-refractivity contribution in [3.05, 3.63) is 29.3 Å². The van der Waals surface area contributed by atoms with Gasteiger partial charge in [-0.3, -0.25) is 14.7 Å². The van der Waals surface area contributed by atoms with Crippen molar-refractivity contribution in [1.29, 1.82) is 0 Å².